The molecule has 0 atom stereocenters. The van der Waals surface area contributed by atoms with E-state index < -0.39 is 5.97 Å². The monoisotopic (exact) mass is 214 g/mol. The molecule has 1 N–H and O–H groups in total. The van der Waals surface area contributed by atoms with Gasteiger partial charge in [-0.15, -0.1) is 0 Å². The second-order valence-corrected chi connectivity index (χ2v) is 3.46. The number of aliphatic carboxylic acids is 1. The fraction of sp³-hybridized carbons (Fsp3) is 0.300. The predicted octanol–water partition coefficient (Wildman–Crippen LogP) is 2.42. The van der Waals surface area contributed by atoms with Gasteiger partial charge in [0.1, 0.15) is 5.75 Å². The molecule has 1 aromatic rings. The van der Waals surface area contributed by atoms with E-state index in [0.717, 1.165) is 11.1 Å². The van der Waals surface area contributed by atoms with Gasteiger partial charge in [-0.2, -0.15) is 0 Å². The van der Waals surface area contributed by atoms with Crippen LogP contribution in [0.3, 0.4) is 0 Å². The van der Waals surface area contributed by atoms with Gasteiger partial charge in [-0.25, -0.2) is 4.79 Å². The van der Waals surface area contributed by atoms with Crippen molar-refractivity contribution in [3.63, 3.8) is 0 Å². The van der Waals surface area contributed by atoms with Gasteiger partial charge in [-0.3, -0.25) is 0 Å². The van der Waals surface area contributed by atoms with Crippen LogP contribution < -0.4 is 4.74 Å². The summed E-state index contributed by atoms with van der Waals surface area (Å²) in [7, 11) is 0. The molecule has 1 rings (SSSR count). The maximum absolute atomic E-state index is 10.3. The maximum Gasteiger partial charge on any atom is 0.341 e. The summed E-state index contributed by atoms with van der Waals surface area (Å²) in [6, 6.07) is 3.49. The quantitative estimate of drug-likeness (QED) is 0.841. The Kier molecular flexibility index (Phi) is 3.36. The van der Waals surface area contributed by atoms with Gasteiger partial charge in [0.25, 0.3) is 0 Å². The van der Waals surface area contributed by atoms with E-state index in [-0.39, 0.29) is 6.61 Å². The van der Waals surface area contributed by atoms with E-state index >= 15 is 0 Å². The zero-order valence-corrected chi connectivity index (χ0v) is 8.76. The third kappa shape index (κ3) is 2.64. The van der Waals surface area contributed by atoms with Crippen LogP contribution in [0.25, 0.3) is 0 Å². The van der Waals surface area contributed by atoms with Crippen LogP contribution >= 0.6 is 11.6 Å². The van der Waals surface area contributed by atoms with Gasteiger partial charge in [0.15, 0.2) is 6.61 Å². The molecule has 3 nitrogen and oxygen atoms in total. The van der Waals surface area contributed by atoms with Gasteiger partial charge >= 0.3 is 5.97 Å². The number of hydrogen-bond donors (Lipinski definition) is 1. The van der Waals surface area contributed by atoms with Crippen molar-refractivity contribution in [2.45, 2.75) is 13.8 Å². The lowest BCUT2D eigenvalue weighted by atomic mass is 10.1. The van der Waals surface area contributed by atoms with Crippen molar-refractivity contribution in [1.29, 1.82) is 0 Å². The van der Waals surface area contributed by atoms with E-state index in [0.29, 0.717) is 10.8 Å². The number of benzene rings is 1. The number of rotatable bonds is 3. The molecule has 14 heavy (non-hydrogen) atoms. The third-order valence-corrected chi connectivity index (χ3v) is 2.21. The number of carbonyl (C=O) groups is 1. The molecular formula is C10H11ClO3. The molecule has 0 bridgehead atoms. The Morgan fingerprint density at radius 3 is 2.64 bits per heavy atom. The van der Waals surface area contributed by atoms with Crippen molar-refractivity contribution in [2.24, 2.45) is 0 Å². The fourth-order valence-corrected chi connectivity index (χ4v) is 1.27. The molecule has 0 aromatic heterocycles. The highest BCUT2D eigenvalue weighted by atomic mass is 35.5. The summed E-state index contributed by atoms with van der Waals surface area (Å²) in [6.07, 6.45) is 0. The summed E-state index contributed by atoms with van der Waals surface area (Å²) >= 11 is 5.88. The minimum absolute atomic E-state index is 0.331. The highest BCUT2D eigenvalue weighted by molar-refractivity contribution is 6.31. The van der Waals surface area contributed by atoms with Crippen LogP contribution in [0.4, 0.5) is 0 Å². The van der Waals surface area contributed by atoms with Crippen LogP contribution in [0.1, 0.15) is 11.1 Å². The van der Waals surface area contributed by atoms with Gasteiger partial charge in [-0.05, 0) is 37.1 Å². The number of aryl methyl sites for hydroxylation is 2. The van der Waals surface area contributed by atoms with E-state index in [9.17, 15) is 4.79 Å². The zero-order chi connectivity index (χ0) is 10.7. The number of halogens is 1. The summed E-state index contributed by atoms with van der Waals surface area (Å²) in [4.78, 5) is 10.3. The molecule has 0 unspecified atom stereocenters. The lowest BCUT2D eigenvalue weighted by Gasteiger charge is -2.08. The molecule has 0 aliphatic rings. The van der Waals surface area contributed by atoms with Crippen molar-refractivity contribution >= 4 is 17.6 Å². The summed E-state index contributed by atoms with van der Waals surface area (Å²) in [6.45, 7) is 3.33. The van der Waals surface area contributed by atoms with Crippen LogP contribution in [-0.2, 0) is 4.79 Å². The average molecular weight is 215 g/mol. The molecule has 76 valence electrons. The Bertz CT molecular complexity index is 361. The van der Waals surface area contributed by atoms with Crippen LogP contribution in [0.2, 0.25) is 5.02 Å². The second kappa shape index (κ2) is 4.33. The number of hydrogen-bond acceptors (Lipinski definition) is 2. The lowest BCUT2D eigenvalue weighted by Crippen LogP contribution is -2.10. The third-order valence-electron chi connectivity index (χ3n) is 1.81. The van der Waals surface area contributed by atoms with Crippen LogP contribution in [0.15, 0.2) is 12.1 Å². The molecule has 0 aliphatic heterocycles. The molecule has 4 heteroatoms. The van der Waals surface area contributed by atoms with E-state index in [1.54, 1.807) is 12.1 Å². The molecule has 0 saturated heterocycles. The second-order valence-electron chi connectivity index (χ2n) is 3.05. The van der Waals surface area contributed by atoms with E-state index in [1.165, 1.54) is 0 Å². The van der Waals surface area contributed by atoms with E-state index in [4.69, 9.17) is 21.4 Å². The van der Waals surface area contributed by atoms with Crippen molar-refractivity contribution in [3.05, 3.63) is 28.3 Å². The van der Waals surface area contributed by atoms with Crippen LogP contribution in [0.5, 0.6) is 5.75 Å². The summed E-state index contributed by atoms with van der Waals surface area (Å²) in [5.41, 5.74) is 1.71. The predicted molar refractivity (Wildman–Crippen MR) is 54.1 cm³/mol. The van der Waals surface area contributed by atoms with Crippen molar-refractivity contribution in [2.75, 3.05) is 6.61 Å². The van der Waals surface area contributed by atoms with Crippen molar-refractivity contribution in [3.8, 4) is 5.75 Å². The zero-order valence-electron chi connectivity index (χ0n) is 8.00. The Hall–Kier alpha value is -1.22. The molecular weight excluding hydrogens is 204 g/mol. The molecule has 0 radical (unpaired) electrons. The highest BCUT2D eigenvalue weighted by Gasteiger charge is 2.05. The largest absolute Gasteiger partial charge is 0.482 e. The van der Waals surface area contributed by atoms with Gasteiger partial charge in [-0.1, -0.05) is 11.6 Å². The molecule has 0 fully saturated rings. The first-order valence-electron chi connectivity index (χ1n) is 4.12. The van der Waals surface area contributed by atoms with Gasteiger partial charge < -0.3 is 9.84 Å². The first-order valence-corrected chi connectivity index (χ1v) is 4.50. The number of ether oxygens (including phenoxy) is 1. The van der Waals surface area contributed by atoms with Crippen molar-refractivity contribution < 1.29 is 14.6 Å². The maximum atomic E-state index is 10.3. The Morgan fingerprint density at radius 1 is 1.43 bits per heavy atom. The molecule has 0 heterocycles. The van der Waals surface area contributed by atoms with Crippen LogP contribution in [0, 0.1) is 13.8 Å². The Labute approximate surface area is 87.3 Å². The molecule has 0 saturated carbocycles. The SMILES string of the molecule is Cc1cc(OCC(=O)O)c(C)cc1Cl. The van der Waals surface area contributed by atoms with Gasteiger partial charge in [0, 0.05) is 5.02 Å². The summed E-state index contributed by atoms with van der Waals surface area (Å²) in [5.74, 6) is -0.425. The first-order chi connectivity index (χ1) is 6.50. The lowest BCUT2D eigenvalue weighted by molar-refractivity contribution is -0.139. The minimum Gasteiger partial charge on any atom is -0.482 e. The Balaban J connectivity index is 2.87. The number of carboxylic acids is 1. The molecule has 0 spiro atoms. The standard InChI is InChI=1S/C10H11ClO3/c1-6-4-9(14-5-10(12)13)7(2)3-8(6)11/h3-4H,5H2,1-2H3,(H,12,13). The van der Waals surface area contributed by atoms with E-state index in [2.05, 4.69) is 0 Å². The topological polar surface area (TPSA) is 46.5 Å². The summed E-state index contributed by atoms with van der Waals surface area (Å²) < 4.78 is 5.08. The molecule has 0 amide bonds. The number of carboxylic acid groups (broad SMARTS) is 1. The Morgan fingerprint density at radius 2 is 2.07 bits per heavy atom. The van der Waals surface area contributed by atoms with Crippen molar-refractivity contribution in [1.82, 2.24) is 0 Å². The smallest absolute Gasteiger partial charge is 0.341 e. The molecule has 0 aliphatic carbocycles. The minimum atomic E-state index is -0.989. The van der Waals surface area contributed by atoms with Gasteiger partial charge in [0.2, 0.25) is 0 Å². The average Bonchev–Trinajstić information content (AvgIpc) is 2.09. The fourth-order valence-electron chi connectivity index (χ4n) is 1.05. The highest BCUT2D eigenvalue weighted by Crippen LogP contribution is 2.25. The summed E-state index contributed by atoms with van der Waals surface area (Å²) in [5, 5.41) is 9.10. The molecule has 1 aromatic carbocycles. The van der Waals surface area contributed by atoms with E-state index in [1.807, 2.05) is 13.8 Å². The first kappa shape index (κ1) is 10.9. The normalized spacial score (nSPS) is 9.93. The van der Waals surface area contributed by atoms with Gasteiger partial charge in [0.05, 0.1) is 0 Å². The van der Waals surface area contributed by atoms with Crippen LogP contribution in [-0.4, -0.2) is 17.7 Å².